The van der Waals surface area contributed by atoms with Crippen LogP contribution in [0, 0.1) is 6.92 Å². The molecule has 128 valence electrons. The average Bonchev–Trinajstić information content (AvgIpc) is 2.55. The Kier molecular flexibility index (Phi) is 5.61. The Morgan fingerprint density at radius 2 is 2.00 bits per heavy atom. The average molecular weight is 341 g/mol. The van der Waals surface area contributed by atoms with E-state index in [9.17, 15) is 13.2 Å². The summed E-state index contributed by atoms with van der Waals surface area (Å²) in [5.74, 6) is 0.0845. The lowest BCUT2D eigenvalue weighted by Crippen LogP contribution is -2.49. The summed E-state index contributed by atoms with van der Waals surface area (Å²) in [5, 5.41) is 3.16. The molecule has 1 aliphatic rings. The minimum absolute atomic E-state index is 0.0793. The lowest BCUT2D eigenvalue weighted by atomic mass is 10.2. The summed E-state index contributed by atoms with van der Waals surface area (Å²) in [4.78, 5) is 14.0. The third-order valence-corrected chi connectivity index (χ3v) is 5.66. The van der Waals surface area contributed by atoms with Crippen molar-refractivity contribution < 1.29 is 17.9 Å². The lowest BCUT2D eigenvalue weighted by Gasteiger charge is -2.29. The molecule has 7 nitrogen and oxygen atoms in total. The van der Waals surface area contributed by atoms with Gasteiger partial charge in [0.15, 0.2) is 0 Å². The zero-order valence-electron chi connectivity index (χ0n) is 13.7. The van der Waals surface area contributed by atoms with E-state index < -0.39 is 10.0 Å². The highest BCUT2D eigenvalue weighted by molar-refractivity contribution is 7.89. The van der Waals surface area contributed by atoms with Gasteiger partial charge in [-0.3, -0.25) is 4.79 Å². The molecule has 1 heterocycles. The van der Waals surface area contributed by atoms with Gasteiger partial charge < -0.3 is 15.0 Å². The summed E-state index contributed by atoms with van der Waals surface area (Å²) in [6.07, 6.45) is 0. The Bertz CT molecular complexity index is 669. The first kappa shape index (κ1) is 17.7. The van der Waals surface area contributed by atoms with Crippen LogP contribution in [0.2, 0.25) is 0 Å². The molecular formula is C15H23N3O4S. The minimum Gasteiger partial charge on any atom is -0.495 e. The van der Waals surface area contributed by atoms with Crippen LogP contribution in [0.1, 0.15) is 5.56 Å². The monoisotopic (exact) mass is 341 g/mol. The topological polar surface area (TPSA) is 79.0 Å². The van der Waals surface area contributed by atoms with Gasteiger partial charge in [-0.2, -0.15) is 4.31 Å². The molecule has 0 spiro atoms. The number of nitrogens with one attached hydrogen (secondary N) is 1. The lowest BCUT2D eigenvalue weighted by molar-refractivity contribution is -0.131. The molecule has 1 aromatic rings. The van der Waals surface area contributed by atoms with Crippen molar-refractivity contribution in [2.45, 2.75) is 11.8 Å². The molecule has 2 rings (SSSR count). The van der Waals surface area contributed by atoms with Gasteiger partial charge in [0.25, 0.3) is 0 Å². The molecule has 0 atom stereocenters. The van der Waals surface area contributed by atoms with E-state index in [0.717, 1.165) is 23.0 Å². The van der Waals surface area contributed by atoms with E-state index in [2.05, 4.69) is 5.32 Å². The van der Waals surface area contributed by atoms with Crippen molar-refractivity contribution in [3.05, 3.63) is 23.8 Å². The van der Waals surface area contributed by atoms with Gasteiger partial charge in [-0.1, -0.05) is 6.07 Å². The van der Waals surface area contributed by atoms with Crippen molar-refractivity contribution in [3.63, 3.8) is 0 Å². The van der Waals surface area contributed by atoms with Crippen molar-refractivity contribution in [2.75, 3.05) is 46.9 Å². The molecule has 23 heavy (non-hydrogen) atoms. The van der Waals surface area contributed by atoms with E-state index in [1.807, 2.05) is 6.92 Å². The molecule has 1 amide bonds. The number of amides is 1. The molecule has 0 bridgehead atoms. The summed E-state index contributed by atoms with van der Waals surface area (Å²) in [5.41, 5.74) is 0.811. The van der Waals surface area contributed by atoms with Crippen molar-refractivity contribution in [3.8, 4) is 5.75 Å². The number of hydrogen-bond donors (Lipinski definition) is 1. The smallest absolute Gasteiger partial charge is 0.246 e. The normalized spacial score (nSPS) is 15.7. The number of aryl methyl sites for hydroxylation is 1. The minimum atomic E-state index is -3.79. The molecule has 1 saturated heterocycles. The standard InChI is InChI=1S/C15H23N3O4S/c1-12-4-5-13(22-3)14(10-12)23(20,21)17(2)11-15(19)18-8-6-16-7-9-18/h4-5,10,16H,6-9,11H2,1-3H3. The third-order valence-electron chi connectivity index (χ3n) is 3.83. The number of likely N-dealkylation sites (N-methyl/N-ethyl adjacent to an activating group) is 1. The van der Waals surface area contributed by atoms with Crippen molar-refractivity contribution in [1.82, 2.24) is 14.5 Å². The maximum atomic E-state index is 12.7. The number of benzene rings is 1. The second kappa shape index (κ2) is 7.29. The summed E-state index contributed by atoms with van der Waals surface area (Å²) in [6, 6.07) is 4.96. The second-order valence-corrected chi connectivity index (χ2v) is 7.56. The van der Waals surface area contributed by atoms with E-state index in [1.165, 1.54) is 14.2 Å². The van der Waals surface area contributed by atoms with Crippen LogP contribution >= 0.6 is 0 Å². The molecule has 0 aliphatic carbocycles. The number of rotatable bonds is 5. The van der Waals surface area contributed by atoms with Crippen LogP contribution in [0.25, 0.3) is 0 Å². The van der Waals surface area contributed by atoms with Gasteiger partial charge in [0.05, 0.1) is 13.7 Å². The fourth-order valence-corrected chi connectivity index (χ4v) is 3.80. The number of ether oxygens (including phenoxy) is 1. The highest BCUT2D eigenvalue weighted by Crippen LogP contribution is 2.27. The van der Waals surface area contributed by atoms with E-state index in [4.69, 9.17) is 4.74 Å². The third kappa shape index (κ3) is 4.01. The number of carbonyl (C=O) groups excluding carboxylic acids is 1. The van der Waals surface area contributed by atoms with Gasteiger partial charge in [0.2, 0.25) is 15.9 Å². The largest absolute Gasteiger partial charge is 0.495 e. The van der Waals surface area contributed by atoms with E-state index in [-0.39, 0.29) is 23.1 Å². The van der Waals surface area contributed by atoms with E-state index in [1.54, 1.807) is 23.1 Å². The molecule has 0 saturated carbocycles. The molecule has 8 heteroatoms. The first-order chi connectivity index (χ1) is 10.9. The van der Waals surface area contributed by atoms with Crippen LogP contribution in [-0.4, -0.2) is 70.4 Å². The second-order valence-electron chi connectivity index (χ2n) is 5.55. The maximum absolute atomic E-state index is 12.7. The number of piperazine rings is 1. The Morgan fingerprint density at radius 1 is 1.35 bits per heavy atom. The van der Waals surface area contributed by atoms with Crippen molar-refractivity contribution in [2.24, 2.45) is 0 Å². The number of hydrogen-bond acceptors (Lipinski definition) is 5. The zero-order chi connectivity index (χ0) is 17.0. The molecule has 1 aliphatic heterocycles. The van der Waals surface area contributed by atoms with Crippen LogP contribution in [-0.2, 0) is 14.8 Å². The quantitative estimate of drug-likeness (QED) is 0.819. The van der Waals surface area contributed by atoms with Gasteiger partial charge in [-0.15, -0.1) is 0 Å². The number of sulfonamides is 1. The number of methoxy groups -OCH3 is 1. The summed E-state index contributed by atoms with van der Waals surface area (Å²) in [6.45, 7) is 4.28. The van der Waals surface area contributed by atoms with Crippen molar-refractivity contribution >= 4 is 15.9 Å². The summed E-state index contributed by atoms with van der Waals surface area (Å²) < 4.78 is 31.7. The molecule has 1 N–H and O–H groups in total. The first-order valence-corrected chi connectivity index (χ1v) is 8.89. The van der Waals surface area contributed by atoms with Crippen molar-refractivity contribution in [1.29, 1.82) is 0 Å². The van der Waals surface area contributed by atoms with E-state index >= 15 is 0 Å². The zero-order valence-corrected chi connectivity index (χ0v) is 14.5. The van der Waals surface area contributed by atoms with Gasteiger partial charge in [-0.25, -0.2) is 8.42 Å². The predicted octanol–water partition coefficient (Wildman–Crippen LogP) is 0.0559. The maximum Gasteiger partial charge on any atom is 0.246 e. The first-order valence-electron chi connectivity index (χ1n) is 7.45. The predicted molar refractivity (Wildman–Crippen MR) is 87.0 cm³/mol. The fourth-order valence-electron chi connectivity index (χ4n) is 2.44. The fraction of sp³-hybridized carbons (Fsp3) is 0.533. The number of nitrogens with zero attached hydrogens (tertiary/aromatic N) is 2. The van der Waals surface area contributed by atoms with Crippen LogP contribution in [0.3, 0.4) is 0 Å². The van der Waals surface area contributed by atoms with Crippen LogP contribution in [0.4, 0.5) is 0 Å². The molecule has 0 radical (unpaired) electrons. The molecule has 0 aromatic heterocycles. The summed E-state index contributed by atoms with van der Waals surface area (Å²) >= 11 is 0. The Balaban J connectivity index is 2.18. The molecular weight excluding hydrogens is 318 g/mol. The van der Waals surface area contributed by atoms with E-state index in [0.29, 0.717) is 13.1 Å². The van der Waals surface area contributed by atoms with Gasteiger partial charge in [0.1, 0.15) is 10.6 Å². The Labute approximate surface area is 137 Å². The number of carbonyl (C=O) groups is 1. The highest BCUT2D eigenvalue weighted by atomic mass is 32.2. The Hall–Kier alpha value is -1.64. The molecule has 0 unspecified atom stereocenters. The van der Waals surface area contributed by atoms with Gasteiger partial charge >= 0.3 is 0 Å². The van der Waals surface area contributed by atoms with Crippen LogP contribution < -0.4 is 10.1 Å². The van der Waals surface area contributed by atoms with Gasteiger partial charge in [-0.05, 0) is 24.6 Å². The SMILES string of the molecule is COc1ccc(C)cc1S(=O)(=O)N(C)CC(=O)N1CCNCC1. The molecule has 1 fully saturated rings. The highest BCUT2D eigenvalue weighted by Gasteiger charge is 2.28. The van der Waals surface area contributed by atoms with Crippen LogP contribution in [0.5, 0.6) is 5.75 Å². The van der Waals surface area contributed by atoms with Crippen LogP contribution in [0.15, 0.2) is 23.1 Å². The van der Waals surface area contributed by atoms with Gasteiger partial charge in [0, 0.05) is 33.2 Å². The molecule has 1 aromatic carbocycles. The summed E-state index contributed by atoms with van der Waals surface area (Å²) in [7, 11) is -0.953. The Morgan fingerprint density at radius 3 is 2.61 bits per heavy atom.